The standard InChI is InChI=1S/C12H13N3O3S/c1-7-3-4-9(19-7)11(16)14-10(12(17)18)8-5-13-15(2)6-8/h3-6,10H,1-2H3,(H,14,16)(H,17,18). The number of hydrogen-bond acceptors (Lipinski definition) is 4. The average molecular weight is 279 g/mol. The van der Waals surface area contributed by atoms with Gasteiger partial charge in [-0.1, -0.05) is 0 Å². The van der Waals surface area contributed by atoms with Gasteiger partial charge in [0.25, 0.3) is 5.91 Å². The van der Waals surface area contributed by atoms with Crippen LogP contribution in [-0.4, -0.2) is 26.8 Å². The van der Waals surface area contributed by atoms with Crippen LogP contribution in [0.3, 0.4) is 0 Å². The molecule has 1 amide bonds. The zero-order chi connectivity index (χ0) is 14.0. The first-order chi connectivity index (χ1) is 8.97. The van der Waals surface area contributed by atoms with Gasteiger partial charge in [-0.25, -0.2) is 4.79 Å². The summed E-state index contributed by atoms with van der Waals surface area (Å²) < 4.78 is 1.49. The Morgan fingerprint density at radius 3 is 2.68 bits per heavy atom. The number of hydrogen-bond donors (Lipinski definition) is 2. The number of aromatic nitrogens is 2. The molecule has 100 valence electrons. The molecule has 2 heterocycles. The summed E-state index contributed by atoms with van der Waals surface area (Å²) in [5.41, 5.74) is 0.441. The number of thiophene rings is 1. The molecule has 2 rings (SSSR count). The van der Waals surface area contributed by atoms with Crippen LogP contribution in [0.15, 0.2) is 24.5 Å². The van der Waals surface area contributed by atoms with Gasteiger partial charge in [0.15, 0.2) is 6.04 Å². The number of carbonyl (C=O) groups is 2. The van der Waals surface area contributed by atoms with E-state index in [-0.39, 0.29) is 0 Å². The van der Waals surface area contributed by atoms with E-state index in [1.165, 1.54) is 22.2 Å². The molecule has 2 N–H and O–H groups in total. The highest BCUT2D eigenvalue weighted by molar-refractivity contribution is 7.13. The molecule has 0 spiro atoms. The minimum absolute atomic E-state index is 0.394. The number of nitrogens with zero attached hydrogens (tertiary/aromatic N) is 2. The van der Waals surface area contributed by atoms with Crippen LogP contribution in [0.2, 0.25) is 0 Å². The van der Waals surface area contributed by atoms with Crippen molar-refractivity contribution in [2.24, 2.45) is 7.05 Å². The fourth-order valence-corrected chi connectivity index (χ4v) is 2.41. The third kappa shape index (κ3) is 3.00. The molecular formula is C12H13N3O3S. The topological polar surface area (TPSA) is 84.2 Å². The second-order valence-corrected chi connectivity index (χ2v) is 5.39. The summed E-state index contributed by atoms with van der Waals surface area (Å²) in [7, 11) is 1.69. The smallest absolute Gasteiger partial charge is 0.331 e. The van der Waals surface area contributed by atoms with Crippen LogP contribution in [0.5, 0.6) is 0 Å². The normalized spacial score (nSPS) is 12.1. The molecule has 2 aromatic rings. The Morgan fingerprint density at radius 1 is 1.47 bits per heavy atom. The summed E-state index contributed by atoms with van der Waals surface area (Å²) >= 11 is 1.32. The maximum Gasteiger partial charge on any atom is 0.331 e. The molecule has 7 heteroatoms. The molecule has 1 atom stereocenters. The lowest BCUT2D eigenvalue weighted by molar-refractivity contribution is -0.139. The van der Waals surface area contributed by atoms with Gasteiger partial charge in [-0.15, -0.1) is 11.3 Å². The van der Waals surface area contributed by atoms with Crippen LogP contribution < -0.4 is 5.32 Å². The van der Waals surface area contributed by atoms with Gasteiger partial charge in [0, 0.05) is 23.7 Å². The monoisotopic (exact) mass is 279 g/mol. The van der Waals surface area contributed by atoms with Crippen LogP contribution in [0, 0.1) is 6.92 Å². The van der Waals surface area contributed by atoms with Crippen molar-refractivity contribution in [3.63, 3.8) is 0 Å². The summed E-state index contributed by atoms with van der Waals surface area (Å²) in [6.45, 7) is 1.89. The zero-order valence-corrected chi connectivity index (χ0v) is 11.3. The quantitative estimate of drug-likeness (QED) is 0.884. The second kappa shape index (κ2) is 5.23. The first kappa shape index (κ1) is 13.3. The number of nitrogens with one attached hydrogen (secondary N) is 1. The molecule has 2 aromatic heterocycles. The Hall–Kier alpha value is -2.15. The van der Waals surface area contributed by atoms with Crippen LogP contribution in [0.25, 0.3) is 0 Å². The van der Waals surface area contributed by atoms with Crippen LogP contribution in [-0.2, 0) is 11.8 Å². The molecular weight excluding hydrogens is 266 g/mol. The van der Waals surface area contributed by atoms with Gasteiger partial charge < -0.3 is 10.4 Å². The van der Waals surface area contributed by atoms with Crippen molar-refractivity contribution in [3.05, 3.63) is 39.8 Å². The van der Waals surface area contributed by atoms with Crippen molar-refractivity contribution < 1.29 is 14.7 Å². The van der Waals surface area contributed by atoms with Gasteiger partial charge in [-0.2, -0.15) is 5.10 Å². The van der Waals surface area contributed by atoms with Crippen LogP contribution in [0.4, 0.5) is 0 Å². The molecule has 0 radical (unpaired) electrons. The highest BCUT2D eigenvalue weighted by atomic mass is 32.1. The molecule has 0 bridgehead atoms. The molecule has 0 aliphatic heterocycles. The minimum Gasteiger partial charge on any atom is -0.479 e. The molecule has 0 saturated heterocycles. The lowest BCUT2D eigenvalue weighted by Gasteiger charge is -2.11. The highest BCUT2D eigenvalue weighted by Gasteiger charge is 2.24. The van der Waals surface area contributed by atoms with E-state index in [9.17, 15) is 14.7 Å². The highest BCUT2D eigenvalue weighted by Crippen LogP contribution is 2.17. The average Bonchev–Trinajstić information content (AvgIpc) is 2.94. The lowest BCUT2D eigenvalue weighted by Crippen LogP contribution is -2.33. The summed E-state index contributed by atoms with van der Waals surface area (Å²) in [4.78, 5) is 24.7. The number of aliphatic carboxylic acids is 1. The fraction of sp³-hybridized carbons (Fsp3) is 0.250. The second-order valence-electron chi connectivity index (χ2n) is 4.10. The van der Waals surface area contributed by atoms with Crippen molar-refractivity contribution in [3.8, 4) is 0 Å². The molecule has 6 nitrogen and oxygen atoms in total. The van der Waals surface area contributed by atoms with Crippen molar-refractivity contribution >= 4 is 23.2 Å². The Balaban J connectivity index is 2.18. The zero-order valence-electron chi connectivity index (χ0n) is 10.5. The molecule has 0 aliphatic rings. The number of rotatable bonds is 4. The van der Waals surface area contributed by atoms with Gasteiger partial charge in [0.05, 0.1) is 11.1 Å². The van der Waals surface area contributed by atoms with Gasteiger partial charge in [0.2, 0.25) is 0 Å². The Bertz CT molecular complexity index is 617. The van der Waals surface area contributed by atoms with E-state index >= 15 is 0 Å². The summed E-state index contributed by atoms with van der Waals surface area (Å²) in [6.07, 6.45) is 3.00. The van der Waals surface area contributed by atoms with E-state index < -0.39 is 17.9 Å². The van der Waals surface area contributed by atoms with E-state index in [4.69, 9.17) is 0 Å². The number of aryl methyl sites for hydroxylation is 2. The van der Waals surface area contributed by atoms with E-state index in [0.29, 0.717) is 10.4 Å². The maximum atomic E-state index is 12.0. The lowest BCUT2D eigenvalue weighted by atomic mass is 10.1. The summed E-state index contributed by atoms with van der Waals surface area (Å²) in [5, 5.41) is 15.6. The van der Waals surface area contributed by atoms with Crippen LogP contribution >= 0.6 is 11.3 Å². The van der Waals surface area contributed by atoms with Gasteiger partial charge in [0.1, 0.15) is 0 Å². The maximum absolute atomic E-state index is 12.0. The van der Waals surface area contributed by atoms with Gasteiger partial charge in [-0.05, 0) is 19.1 Å². The fourth-order valence-electron chi connectivity index (χ4n) is 1.64. The number of carbonyl (C=O) groups excluding carboxylic acids is 1. The molecule has 19 heavy (non-hydrogen) atoms. The Morgan fingerprint density at radius 2 is 2.21 bits per heavy atom. The van der Waals surface area contributed by atoms with Gasteiger partial charge >= 0.3 is 5.97 Å². The summed E-state index contributed by atoms with van der Waals surface area (Å²) in [6, 6.07) is 2.40. The summed E-state index contributed by atoms with van der Waals surface area (Å²) in [5.74, 6) is -1.51. The van der Waals surface area contributed by atoms with Crippen molar-refractivity contribution in [1.29, 1.82) is 0 Å². The SMILES string of the molecule is Cc1ccc(C(=O)NC(C(=O)O)c2cnn(C)c2)s1. The van der Waals surface area contributed by atoms with E-state index in [2.05, 4.69) is 10.4 Å². The largest absolute Gasteiger partial charge is 0.479 e. The predicted molar refractivity (Wildman–Crippen MR) is 70.1 cm³/mol. The Kier molecular flexibility index (Phi) is 3.66. The van der Waals surface area contributed by atoms with Crippen molar-refractivity contribution in [2.45, 2.75) is 13.0 Å². The third-order valence-corrected chi connectivity index (χ3v) is 3.54. The van der Waals surface area contributed by atoms with E-state index in [1.807, 2.05) is 13.0 Å². The van der Waals surface area contributed by atoms with Crippen molar-refractivity contribution in [2.75, 3.05) is 0 Å². The third-order valence-electron chi connectivity index (χ3n) is 2.54. The molecule has 0 aliphatic carbocycles. The number of carboxylic acid groups (broad SMARTS) is 1. The first-order valence-corrected chi connectivity index (χ1v) is 6.37. The number of amides is 1. The van der Waals surface area contributed by atoms with Crippen LogP contribution in [0.1, 0.15) is 26.2 Å². The minimum atomic E-state index is -1.12. The molecule has 0 fully saturated rings. The Labute approximate surface area is 113 Å². The molecule has 0 aromatic carbocycles. The van der Waals surface area contributed by atoms with Gasteiger partial charge in [-0.3, -0.25) is 9.48 Å². The molecule has 0 saturated carbocycles. The molecule has 1 unspecified atom stereocenters. The van der Waals surface area contributed by atoms with Crippen molar-refractivity contribution in [1.82, 2.24) is 15.1 Å². The number of carboxylic acids is 1. The van der Waals surface area contributed by atoms with E-state index in [1.54, 1.807) is 19.3 Å². The predicted octanol–water partition coefficient (Wildman–Crippen LogP) is 1.35. The first-order valence-electron chi connectivity index (χ1n) is 5.56. The van der Waals surface area contributed by atoms with E-state index in [0.717, 1.165) is 4.88 Å².